The average Bonchev–Trinajstić information content (AvgIpc) is 3.58. The maximum atomic E-state index is 13.4. The Labute approximate surface area is 363 Å². The molecule has 314 valence electrons. The first-order valence-corrected chi connectivity index (χ1v) is 22.6. The summed E-state index contributed by atoms with van der Waals surface area (Å²) >= 11 is 0. The number of fused-ring (bicyclic) bond motifs is 5. The zero-order valence-corrected chi connectivity index (χ0v) is 37.6. The molecule has 0 spiro atoms. The molecule has 0 fully saturated rings. The van der Waals surface area contributed by atoms with Gasteiger partial charge in [-0.1, -0.05) is 98.8 Å². The number of aliphatic hydroxyl groups is 2. The molecule has 4 atom stereocenters. The predicted molar refractivity (Wildman–Crippen MR) is 255 cm³/mol. The van der Waals surface area contributed by atoms with Crippen molar-refractivity contribution in [2.75, 3.05) is 22.9 Å². The topological polar surface area (TPSA) is 51.9 Å². The van der Waals surface area contributed by atoms with E-state index in [1.807, 2.05) is 60.7 Å². The Bertz CT molecular complexity index is 2560. The van der Waals surface area contributed by atoms with Gasteiger partial charge in [0, 0.05) is 63.9 Å². The number of rotatable bonds is 9. The summed E-state index contributed by atoms with van der Waals surface area (Å²) in [5.74, 6) is 0.686. The molecule has 0 aliphatic carbocycles. The van der Waals surface area contributed by atoms with Crippen molar-refractivity contribution in [1.29, 1.82) is 0 Å². The molecule has 5 heteroatoms. The Hall–Kier alpha value is -5.36. The van der Waals surface area contributed by atoms with E-state index in [0.717, 1.165) is 87.7 Å². The Balaban J connectivity index is 1.25. The van der Waals surface area contributed by atoms with Crippen molar-refractivity contribution < 1.29 is 10.2 Å². The molecular formula is C56H63N3O2. The molecule has 7 aromatic rings. The van der Waals surface area contributed by atoms with Crippen molar-refractivity contribution >= 4 is 33.2 Å². The molecule has 0 saturated heterocycles. The lowest BCUT2D eigenvalue weighted by molar-refractivity contribution is 0.125. The highest BCUT2D eigenvalue weighted by molar-refractivity contribution is 6.09. The third-order valence-electron chi connectivity index (χ3n) is 14.6. The van der Waals surface area contributed by atoms with E-state index < -0.39 is 11.2 Å². The number of hydrogen-bond acceptors (Lipinski definition) is 4. The smallest absolute Gasteiger partial charge is 0.140 e. The Morgan fingerprint density at radius 3 is 1.20 bits per heavy atom. The number of anilines is 2. The number of aryl methyl sites for hydroxylation is 1. The van der Waals surface area contributed by atoms with E-state index >= 15 is 0 Å². The van der Waals surface area contributed by atoms with Gasteiger partial charge in [0.2, 0.25) is 0 Å². The molecule has 5 nitrogen and oxygen atoms in total. The van der Waals surface area contributed by atoms with Gasteiger partial charge in [-0.05, 0) is 166 Å². The normalized spacial score (nSPS) is 20.2. The summed E-state index contributed by atoms with van der Waals surface area (Å²) in [6.45, 7) is 23.3. The minimum atomic E-state index is -1.42. The second-order valence-corrected chi connectivity index (χ2v) is 19.2. The molecule has 2 N–H and O–H groups in total. The van der Waals surface area contributed by atoms with Gasteiger partial charge in [0.1, 0.15) is 11.2 Å². The molecule has 3 heterocycles. The summed E-state index contributed by atoms with van der Waals surface area (Å²) in [5.41, 5.74) is 9.55. The van der Waals surface area contributed by atoms with Crippen LogP contribution in [0.5, 0.6) is 0 Å². The van der Waals surface area contributed by atoms with Crippen LogP contribution in [0.2, 0.25) is 0 Å². The number of benzene rings is 6. The second-order valence-electron chi connectivity index (χ2n) is 19.2. The fourth-order valence-corrected chi connectivity index (χ4v) is 11.9. The Kier molecular flexibility index (Phi) is 10.0. The van der Waals surface area contributed by atoms with E-state index in [2.05, 4.69) is 149 Å². The maximum Gasteiger partial charge on any atom is 0.140 e. The molecule has 1 aromatic heterocycles. The molecule has 2 aliphatic rings. The third kappa shape index (κ3) is 6.33. The number of nitrogens with zero attached hydrogens (tertiary/aromatic N) is 3. The maximum absolute atomic E-state index is 13.4. The number of aromatic nitrogens is 1. The predicted octanol–water partition coefficient (Wildman–Crippen LogP) is 12.6. The summed E-state index contributed by atoms with van der Waals surface area (Å²) in [4.78, 5) is 5.03. The van der Waals surface area contributed by atoms with Crippen LogP contribution in [0, 0.1) is 0 Å². The van der Waals surface area contributed by atoms with Gasteiger partial charge in [0.25, 0.3) is 0 Å². The van der Waals surface area contributed by atoms with E-state index in [1.165, 1.54) is 22.5 Å². The molecule has 61 heavy (non-hydrogen) atoms. The first kappa shape index (κ1) is 41.0. The zero-order valence-electron chi connectivity index (χ0n) is 37.6. The van der Waals surface area contributed by atoms with E-state index in [9.17, 15) is 10.2 Å². The van der Waals surface area contributed by atoms with Crippen LogP contribution in [0.3, 0.4) is 0 Å². The molecule has 2 aliphatic heterocycles. The van der Waals surface area contributed by atoms with Crippen LogP contribution >= 0.6 is 0 Å². The van der Waals surface area contributed by atoms with E-state index in [1.54, 1.807) is 0 Å². The first-order chi connectivity index (χ1) is 29.2. The van der Waals surface area contributed by atoms with Gasteiger partial charge < -0.3 is 24.6 Å². The summed E-state index contributed by atoms with van der Waals surface area (Å²) < 4.78 is 2.35. The fourth-order valence-electron chi connectivity index (χ4n) is 11.9. The van der Waals surface area contributed by atoms with Gasteiger partial charge in [-0.25, -0.2) is 0 Å². The lowest BCUT2D eigenvalue weighted by Gasteiger charge is -2.47. The minimum absolute atomic E-state index is 0.0499. The molecular weight excluding hydrogens is 747 g/mol. The first-order valence-electron chi connectivity index (χ1n) is 22.6. The van der Waals surface area contributed by atoms with Crippen molar-refractivity contribution in [1.82, 2.24) is 4.57 Å². The second kappa shape index (κ2) is 14.9. The minimum Gasteiger partial charge on any atom is -0.376 e. The molecule has 0 bridgehead atoms. The summed E-state index contributed by atoms with van der Waals surface area (Å²) in [7, 11) is 0. The molecule has 0 radical (unpaired) electrons. The lowest BCUT2D eigenvalue weighted by atomic mass is 9.75. The van der Waals surface area contributed by atoms with Crippen molar-refractivity contribution in [3.63, 3.8) is 0 Å². The highest BCUT2D eigenvalue weighted by Crippen LogP contribution is 2.49. The van der Waals surface area contributed by atoms with Crippen molar-refractivity contribution in [2.45, 2.75) is 116 Å². The average molecular weight is 810 g/mol. The van der Waals surface area contributed by atoms with Crippen LogP contribution in [-0.4, -0.2) is 38.9 Å². The van der Waals surface area contributed by atoms with Crippen LogP contribution in [0.4, 0.5) is 11.4 Å². The van der Waals surface area contributed by atoms with E-state index in [0.29, 0.717) is 11.8 Å². The summed E-state index contributed by atoms with van der Waals surface area (Å²) in [5, 5.41) is 29.0. The van der Waals surface area contributed by atoms with Crippen LogP contribution < -0.4 is 9.80 Å². The van der Waals surface area contributed by atoms with Crippen molar-refractivity contribution in [3.8, 4) is 0 Å². The van der Waals surface area contributed by atoms with Gasteiger partial charge in [0.05, 0.1) is 0 Å². The number of hydrogen-bond donors (Lipinski definition) is 2. The summed E-state index contributed by atoms with van der Waals surface area (Å²) in [6, 6.07) is 46.5. The van der Waals surface area contributed by atoms with Crippen LogP contribution in [-0.2, 0) is 17.7 Å². The van der Waals surface area contributed by atoms with Crippen molar-refractivity contribution in [3.05, 3.63) is 178 Å². The lowest BCUT2D eigenvalue weighted by Crippen LogP contribution is -2.48. The Morgan fingerprint density at radius 2 is 0.836 bits per heavy atom. The van der Waals surface area contributed by atoms with Gasteiger partial charge in [-0.15, -0.1) is 0 Å². The van der Waals surface area contributed by atoms with Crippen LogP contribution in [0.1, 0.15) is 131 Å². The zero-order chi connectivity index (χ0) is 43.1. The van der Waals surface area contributed by atoms with E-state index in [-0.39, 0.29) is 11.1 Å². The van der Waals surface area contributed by atoms with Gasteiger partial charge in [-0.3, -0.25) is 0 Å². The quantitative estimate of drug-likeness (QED) is 0.143. The fraction of sp³-hybridized carbons (Fsp3) is 0.357. The molecule has 4 unspecified atom stereocenters. The van der Waals surface area contributed by atoms with Crippen LogP contribution in [0.25, 0.3) is 21.8 Å². The molecule has 6 aromatic carbocycles. The Morgan fingerprint density at radius 1 is 0.475 bits per heavy atom. The highest BCUT2D eigenvalue weighted by atomic mass is 16.3. The monoisotopic (exact) mass is 809 g/mol. The van der Waals surface area contributed by atoms with E-state index in [4.69, 9.17) is 0 Å². The standard InChI is InChI=1S/C56H63N3O2/c1-10-57-49-27-23-43(55(60,39-19-15-13-16-20-39)41-25-29-51-45(31-41)37(4)35-53(6,7)58(51)11-2)33-47(49)48-34-44(24-28-50(48)57)56(61,40-21-17-14-18-22-40)42-26-30-52-46(32-42)38(5)36-54(8,9)59(52)12-3/h13-34,37-38,60-61H,10-12,35-36H2,1-9H3. The van der Waals surface area contributed by atoms with Crippen molar-refractivity contribution in [2.24, 2.45) is 0 Å². The largest absolute Gasteiger partial charge is 0.376 e. The third-order valence-corrected chi connectivity index (χ3v) is 14.6. The molecule has 9 rings (SSSR count). The van der Waals surface area contributed by atoms with Gasteiger partial charge >= 0.3 is 0 Å². The van der Waals surface area contributed by atoms with Gasteiger partial charge in [-0.2, -0.15) is 0 Å². The molecule has 0 amide bonds. The summed E-state index contributed by atoms with van der Waals surface area (Å²) in [6.07, 6.45) is 2.09. The molecule has 0 saturated carbocycles. The van der Waals surface area contributed by atoms with Crippen LogP contribution in [0.15, 0.2) is 133 Å². The SMILES string of the molecule is CCN1c2ccc(C(O)(c3ccccc3)c3ccc4c(c3)c3cc(C(O)(c5ccccc5)c5ccc6c(c5)C(C)CC(C)(C)N6CC)ccc3n4CC)cc2C(C)CC1(C)C. The van der Waals surface area contributed by atoms with Gasteiger partial charge in [0.15, 0.2) is 0 Å². The highest BCUT2D eigenvalue weighted by Gasteiger charge is 2.41.